The van der Waals surface area contributed by atoms with Gasteiger partial charge in [0.2, 0.25) is 0 Å². The van der Waals surface area contributed by atoms with Gasteiger partial charge in [0.15, 0.2) is 0 Å². The van der Waals surface area contributed by atoms with Gasteiger partial charge in [-0.2, -0.15) is 0 Å². The Morgan fingerprint density at radius 1 is 1.22 bits per heavy atom. The van der Waals surface area contributed by atoms with Gasteiger partial charge in [0.1, 0.15) is 0 Å². The third-order valence-electron chi connectivity index (χ3n) is 3.94. The summed E-state index contributed by atoms with van der Waals surface area (Å²) in [6, 6.07) is 8.64. The highest BCUT2D eigenvalue weighted by Gasteiger charge is 2.24. The second-order valence-electron chi connectivity index (χ2n) is 5.56. The van der Waals surface area contributed by atoms with E-state index in [9.17, 15) is 5.11 Å². The fraction of sp³-hybridized carbons (Fsp3) is 0.600. The molecule has 3 heteroatoms. The van der Waals surface area contributed by atoms with Gasteiger partial charge in [0.25, 0.3) is 0 Å². The number of nitrogens with zero attached hydrogens (tertiary/aromatic N) is 2. The molecule has 1 aromatic rings. The number of aliphatic hydroxyl groups excluding tert-OH is 1. The van der Waals surface area contributed by atoms with Crippen LogP contribution in [0.2, 0.25) is 0 Å². The number of benzene rings is 1. The van der Waals surface area contributed by atoms with E-state index in [1.165, 1.54) is 5.56 Å². The Bertz CT molecular complexity index is 377. The molecule has 0 aromatic heterocycles. The van der Waals surface area contributed by atoms with Gasteiger partial charge in [0, 0.05) is 25.7 Å². The molecule has 2 atom stereocenters. The summed E-state index contributed by atoms with van der Waals surface area (Å²) in [5.74, 6) is 0. The SMILES string of the molecule is Cc1ccc(C(O)CC2CN(C)CCN2C)cc1. The van der Waals surface area contributed by atoms with Crippen molar-refractivity contribution in [1.82, 2.24) is 9.80 Å². The lowest BCUT2D eigenvalue weighted by atomic mass is 9.99. The lowest BCUT2D eigenvalue weighted by Crippen LogP contribution is -2.50. The largest absolute Gasteiger partial charge is 0.388 e. The lowest BCUT2D eigenvalue weighted by Gasteiger charge is -2.38. The molecule has 2 rings (SSSR count). The van der Waals surface area contributed by atoms with Crippen LogP contribution in [0, 0.1) is 6.92 Å². The van der Waals surface area contributed by atoms with Gasteiger partial charge >= 0.3 is 0 Å². The van der Waals surface area contributed by atoms with Crippen molar-refractivity contribution in [3.8, 4) is 0 Å². The summed E-state index contributed by atoms with van der Waals surface area (Å²) < 4.78 is 0. The molecule has 0 spiro atoms. The van der Waals surface area contributed by atoms with E-state index in [1.807, 2.05) is 12.1 Å². The quantitative estimate of drug-likeness (QED) is 0.881. The Morgan fingerprint density at radius 3 is 2.56 bits per heavy atom. The van der Waals surface area contributed by atoms with Crippen LogP contribution in [0.1, 0.15) is 23.7 Å². The zero-order valence-electron chi connectivity index (χ0n) is 11.6. The van der Waals surface area contributed by atoms with Gasteiger partial charge in [-0.3, -0.25) is 0 Å². The van der Waals surface area contributed by atoms with E-state index in [1.54, 1.807) is 0 Å². The Hall–Kier alpha value is -0.900. The Morgan fingerprint density at radius 2 is 1.89 bits per heavy atom. The van der Waals surface area contributed by atoms with E-state index in [0.717, 1.165) is 31.6 Å². The molecule has 1 aromatic carbocycles. The lowest BCUT2D eigenvalue weighted by molar-refractivity contribution is 0.0635. The average molecular weight is 248 g/mol. The molecule has 0 radical (unpaired) electrons. The Balaban J connectivity index is 1.97. The number of hydrogen-bond donors (Lipinski definition) is 1. The predicted molar refractivity (Wildman–Crippen MR) is 74.7 cm³/mol. The summed E-state index contributed by atoms with van der Waals surface area (Å²) in [5, 5.41) is 10.3. The molecule has 1 heterocycles. The smallest absolute Gasteiger partial charge is 0.0805 e. The molecule has 1 saturated heterocycles. The first kappa shape index (κ1) is 13.5. The molecule has 0 aliphatic carbocycles. The fourth-order valence-corrected chi connectivity index (χ4v) is 2.54. The van der Waals surface area contributed by atoms with Crippen LogP contribution in [0.15, 0.2) is 24.3 Å². The van der Waals surface area contributed by atoms with Crippen LogP contribution in [-0.4, -0.2) is 54.7 Å². The van der Waals surface area contributed by atoms with Gasteiger partial charge in [-0.25, -0.2) is 0 Å². The van der Waals surface area contributed by atoms with Crippen LogP contribution in [0.4, 0.5) is 0 Å². The first-order valence-electron chi connectivity index (χ1n) is 6.69. The maximum absolute atomic E-state index is 10.3. The van der Waals surface area contributed by atoms with E-state index in [0.29, 0.717) is 6.04 Å². The Kier molecular flexibility index (Phi) is 4.38. The number of rotatable bonds is 3. The molecule has 0 bridgehead atoms. The number of hydrogen-bond acceptors (Lipinski definition) is 3. The van der Waals surface area contributed by atoms with Crippen molar-refractivity contribution in [2.75, 3.05) is 33.7 Å². The minimum absolute atomic E-state index is 0.357. The van der Waals surface area contributed by atoms with E-state index in [4.69, 9.17) is 0 Å². The van der Waals surface area contributed by atoms with E-state index >= 15 is 0 Å². The summed E-state index contributed by atoms with van der Waals surface area (Å²) in [5.41, 5.74) is 2.27. The van der Waals surface area contributed by atoms with Crippen molar-refractivity contribution >= 4 is 0 Å². The standard InChI is InChI=1S/C15H24N2O/c1-12-4-6-13(7-5-12)15(18)10-14-11-16(2)8-9-17(14)3/h4-7,14-15,18H,8-11H2,1-3H3. The molecule has 1 aliphatic rings. The minimum atomic E-state index is -0.357. The van der Waals surface area contributed by atoms with Gasteiger partial charge in [-0.1, -0.05) is 29.8 Å². The molecule has 1 fully saturated rings. The molecular formula is C15H24N2O. The minimum Gasteiger partial charge on any atom is -0.388 e. The average Bonchev–Trinajstić information content (AvgIpc) is 2.34. The first-order valence-corrected chi connectivity index (χ1v) is 6.69. The summed E-state index contributed by atoms with van der Waals surface area (Å²) in [6.45, 7) is 5.31. The molecule has 2 unspecified atom stereocenters. The number of likely N-dealkylation sites (N-methyl/N-ethyl adjacent to an activating group) is 2. The molecule has 1 N–H and O–H groups in total. The van der Waals surface area contributed by atoms with Crippen molar-refractivity contribution in [2.24, 2.45) is 0 Å². The first-order chi connectivity index (χ1) is 8.56. The molecule has 100 valence electrons. The van der Waals surface area contributed by atoms with Gasteiger partial charge in [-0.05, 0) is 33.0 Å². The third-order valence-corrected chi connectivity index (χ3v) is 3.94. The number of aryl methyl sites for hydroxylation is 1. The summed E-state index contributed by atoms with van der Waals surface area (Å²) in [7, 11) is 4.30. The maximum atomic E-state index is 10.3. The van der Waals surface area contributed by atoms with Gasteiger partial charge in [0.05, 0.1) is 6.10 Å². The van der Waals surface area contributed by atoms with E-state index < -0.39 is 0 Å². The summed E-state index contributed by atoms with van der Waals surface area (Å²) in [4.78, 5) is 4.70. The summed E-state index contributed by atoms with van der Waals surface area (Å²) in [6.07, 6.45) is 0.453. The molecular weight excluding hydrogens is 224 g/mol. The van der Waals surface area contributed by atoms with Crippen molar-refractivity contribution in [1.29, 1.82) is 0 Å². The van der Waals surface area contributed by atoms with Gasteiger partial charge in [-0.15, -0.1) is 0 Å². The van der Waals surface area contributed by atoms with Crippen molar-refractivity contribution in [3.63, 3.8) is 0 Å². The molecule has 18 heavy (non-hydrogen) atoms. The van der Waals surface area contributed by atoms with E-state index in [2.05, 4.69) is 43.0 Å². The zero-order valence-corrected chi connectivity index (χ0v) is 11.6. The topological polar surface area (TPSA) is 26.7 Å². The summed E-state index contributed by atoms with van der Waals surface area (Å²) >= 11 is 0. The Labute approximate surface area is 110 Å². The number of aliphatic hydroxyl groups is 1. The highest BCUT2D eigenvalue weighted by atomic mass is 16.3. The van der Waals surface area contributed by atoms with Crippen molar-refractivity contribution in [2.45, 2.75) is 25.5 Å². The van der Waals surface area contributed by atoms with Gasteiger partial charge < -0.3 is 14.9 Å². The van der Waals surface area contributed by atoms with E-state index in [-0.39, 0.29) is 6.10 Å². The third kappa shape index (κ3) is 3.31. The second kappa shape index (κ2) is 5.83. The van der Waals surface area contributed by atoms with Crippen LogP contribution in [0.5, 0.6) is 0 Å². The van der Waals surface area contributed by atoms with Crippen LogP contribution >= 0.6 is 0 Å². The number of piperazine rings is 1. The van der Waals surface area contributed by atoms with Crippen LogP contribution in [0.25, 0.3) is 0 Å². The van der Waals surface area contributed by atoms with Crippen LogP contribution < -0.4 is 0 Å². The van der Waals surface area contributed by atoms with Crippen molar-refractivity contribution in [3.05, 3.63) is 35.4 Å². The molecule has 3 nitrogen and oxygen atoms in total. The van der Waals surface area contributed by atoms with Crippen LogP contribution in [-0.2, 0) is 0 Å². The normalized spacial score (nSPS) is 24.1. The maximum Gasteiger partial charge on any atom is 0.0805 e. The highest BCUT2D eigenvalue weighted by Crippen LogP contribution is 2.22. The predicted octanol–water partition coefficient (Wildman–Crippen LogP) is 1.66. The fourth-order valence-electron chi connectivity index (χ4n) is 2.54. The highest BCUT2D eigenvalue weighted by molar-refractivity contribution is 5.23. The van der Waals surface area contributed by atoms with Crippen molar-refractivity contribution < 1.29 is 5.11 Å². The second-order valence-corrected chi connectivity index (χ2v) is 5.56. The monoisotopic (exact) mass is 248 g/mol. The van der Waals surface area contributed by atoms with Crippen LogP contribution in [0.3, 0.4) is 0 Å². The molecule has 0 saturated carbocycles. The molecule has 0 amide bonds. The zero-order chi connectivity index (χ0) is 13.1. The molecule has 1 aliphatic heterocycles.